The molecule has 3 fully saturated rings. The van der Waals surface area contributed by atoms with Crippen molar-refractivity contribution in [2.75, 3.05) is 19.7 Å². The highest BCUT2D eigenvalue weighted by molar-refractivity contribution is 5.80. The van der Waals surface area contributed by atoms with E-state index in [1.54, 1.807) is 93.7 Å². The number of rotatable bonds is 12. The average Bonchev–Trinajstić information content (AvgIpc) is 1.46. The van der Waals surface area contributed by atoms with Crippen LogP contribution < -0.4 is 10.6 Å². The summed E-state index contributed by atoms with van der Waals surface area (Å²) < 4.78 is 29.2. The first kappa shape index (κ1) is 75.7. The van der Waals surface area contributed by atoms with Crippen molar-refractivity contribution in [1.82, 2.24) is 10.6 Å². The Balaban J connectivity index is 1.70. The maximum Gasteiger partial charge on any atom is 0.308 e. The van der Waals surface area contributed by atoms with Gasteiger partial charge in [0.15, 0.2) is 12.1 Å². The predicted octanol–water partition coefficient (Wildman–Crippen LogP) is -3.97. The highest BCUT2D eigenvalue weighted by Gasteiger charge is 2.53. The SMILES string of the molecule is CCC(O)C(O)C(O)C(O)CNC(=O)C1C2C[C@@H](OC3O[C@H](C)[C@@H](O)[C@H](NC[C@@]4(O)OC[C@@H](O)[C@@H](O)[C@@H]4O)[C@@H]3O)/C=C/C=C/C=C/C=C/C=C/C=C/C=C/[C@H](C)[C@@H](O)C(C)[C@H](C)OC(=O)C[C@H](O)C[C@H](O)CC[C@@H](O)[C@H](O)C[C@H](O)C[C@](O)(C[C@@H]1O)O2. The summed E-state index contributed by atoms with van der Waals surface area (Å²) >= 11 is 0. The molecule has 27 nitrogen and oxygen atoms in total. The number of hydrogen-bond donors (Lipinski definition) is 20. The van der Waals surface area contributed by atoms with Gasteiger partial charge in [-0.05, 0) is 39.5 Å². The van der Waals surface area contributed by atoms with Crippen molar-refractivity contribution in [2.24, 2.45) is 17.8 Å². The number of aliphatic hydroxyl groups is 18. The van der Waals surface area contributed by atoms with Gasteiger partial charge in [-0.2, -0.15) is 0 Å². The molecule has 4 aliphatic heterocycles. The van der Waals surface area contributed by atoms with E-state index in [-0.39, 0.29) is 31.6 Å². The van der Waals surface area contributed by atoms with Crippen LogP contribution in [-0.2, 0) is 33.3 Å². The zero-order chi connectivity index (χ0) is 64.9. The second kappa shape index (κ2) is 36.3. The van der Waals surface area contributed by atoms with E-state index in [9.17, 15) is 102 Å². The van der Waals surface area contributed by atoms with Crippen LogP contribution in [0, 0.1) is 17.8 Å². The molecule has 20 N–H and O–H groups in total. The van der Waals surface area contributed by atoms with Crippen molar-refractivity contribution >= 4 is 11.9 Å². The molecule has 27 heteroatoms. The van der Waals surface area contributed by atoms with Gasteiger partial charge in [0.05, 0.1) is 111 Å². The van der Waals surface area contributed by atoms with E-state index >= 15 is 0 Å². The molecule has 0 aromatic rings. The standard InChI is InChI=1S/C60H98N2O25/c1-6-40(66)52(75)53(76)44(70)29-61-57(80)48-43(69)28-59(81)27-38(65)24-42(68)41(67)22-21-36(63)23-37(64)25-47(72)84-34(4)33(3)50(73)32(2)19-17-15-13-11-9-7-8-10-12-14-16-18-20-39(26-46(48)87-59)86-58-55(78)49(51(74)35(5)85-58)62-31-60(82)56(79)54(77)45(71)30-83-60/h7-20,32-46,48-56,58,62-71,73-79,81-82H,6,21-31H2,1-5H3,(H,61,80)/b8-7+,11-9+,12-10+,15-13+,16-14+,19-17+,20-18+/t32-,33?,34-,35+,36+,37+,38-,39-,40?,41+,42+,43-,44?,45+,46?,48?,49-,50+,51+,52?,53?,54+,55-,56-,58?,59+,60+/m0/s1. The van der Waals surface area contributed by atoms with Crippen molar-refractivity contribution in [1.29, 1.82) is 0 Å². The van der Waals surface area contributed by atoms with E-state index in [2.05, 4.69) is 10.6 Å². The van der Waals surface area contributed by atoms with Gasteiger partial charge in [0.2, 0.25) is 11.7 Å². The average molecular weight is 1250 g/mol. The van der Waals surface area contributed by atoms with Crippen LogP contribution in [0.1, 0.15) is 92.4 Å². The molecule has 0 aromatic carbocycles. The Morgan fingerprint density at radius 1 is 0.644 bits per heavy atom. The molecule has 0 aliphatic carbocycles. The van der Waals surface area contributed by atoms with E-state index in [0.29, 0.717) is 0 Å². The van der Waals surface area contributed by atoms with Crippen LogP contribution in [0.25, 0.3) is 0 Å². The number of ether oxygens (including phenoxy) is 5. The van der Waals surface area contributed by atoms with Crippen LogP contribution in [0.3, 0.4) is 0 Å². The summed E-state index contributed by atoms with van der Waals surface area (Å²) in [7, 11) is 0. The lowest BCUT2D eigenvalue weighted by molar-refractivity contribution is -0.323. The summed E-state index contributed by atoms with van der Waals surface area (Å²) in [6, 6.07) is -1.42. The van der Waals surface area contributed by atoms with Gasteiger partial charge >= 0.3 is 5.97 Å². The molecule has 4 aliphatic rings. The summed E-state index contributed by atoms with van der Waals surface area (Å²) in [5.74, 6) is -9.35. The lowest BCUT2D eigenvalue weighted by atomic mass is 9.82. The quantitative estimate of drug-likeness (QED) is 0.0829. The maximum atomic E-state index is 14.2. The molecule has 4 heterocycles. The molecule has 87 heavy (non-hydrogen) atoms. The zero-order valence-electron chi connectivity index (χ0n) is 49.9. The molecule has 2 bridgehead atoms. The molecular weight excluding hydrogens is 1150 g/mol. The number of carbonyl (C=O) groups excluding carboxylic acids is 2. The molecule has 27 atom stereocenters. The minimum atomic E-state index is -2.52. The summed E-state index contributed by atoms with van der Waals surface area (Å²) in [5.41, 5.74) is 0. The fourth-order valence-corrected chi connectivity index (χ4v) is 10.6. The summed E-state index contributed by atoms with van der Waals surface area (Å²) in [6.07, 6.45) is -13.1. The lowest BCUT2D eigenvalue weighted by Gasteiger charge is -2.47. The van der Waals surface area contributed by atoms with Gasteiger partial charge < -0.3 is 126 Å². The molecule has 0 spiro atoms. The highest BCUT2D eigenvalue weighted by atomic mass is 16.7. The third kappa shape index (κ3) is 23.4. The lowest BCUT2D eigenvalue weighted by Crippen LogP contribution is -2.69. The first-order valence-electron chi connectivity index (χ1n) is 29.8. The Kier molecular flexibility index (Phi) is 31.6. The van der Waals surface area contributed by atoms with E-state index in [0.717, 1.165) is 0 Å². The number of esters is 1. The van der Waals surface area contributed by atoms with Crippen molar-refractivity contribution in [2.45, 2.75) is 238 Å². The van der Waals surface area contributed by atoms with E-state index in [1.165, 1.54) is 26.0 Å². The fourth-order valence-electron chi connectivity index (χ4n) is 10.6. The number of carbonyl (C=O) groups is 2. The first-order valence-corrected chi connectivity index (χ1v) is 29.8. The Morgan fingerprint density at radius 2 is 1.23 bits per heavy atom. The van der Waals surface area contributed by atoms with Crippen LogP contribution in [0.15, 0.2) is 85.1 Å². The van der Waals surface area contributed by atoms with Gasteiger partial charge in [-0.15, -0.1) is 0 Å². The molecule has 0 radical (unpaired) electrons. The fraction of sp³-hybridized carbons (Fsp3) is 0.733. The molecule has 0 saturated carbocycles. The minimum absolute atomic E-state index is 0.00158. The van der Waals surface area contributed by atoms with Gasteiger partial charge in [0.25, 0.3) is 0 Å². The number of allylic oxidation sites excluding steroid dienone is 12. The second-order valence-corrected chi connectivity index (χ2v) is 23.5. The molecular formula is C60H98N2O25. The Hall–Kier alpha value is -3.80. The van der Waals surface area contributed by atoms with Crippen molar-refractivity contribution in [3.63, 3.8) is 0 Å². The first-order chi connectivity index (χ1) is 40.9. The topological polar surface area (TPSA) is 468 Å². The van der Waals surface area contributed by atoms with Crippen LogP contribution in [-0.4, -0.2) is 269 Å². The molecule has 498 valence electrons. The largest absolute Gasteiger partial charge is 0.462 e. The van der Waals surface area contributed by atoms with Gasteiger partial charge in [-0.25, -0.2) is 0 Å². The van der Waals surface area contributed by atoms with Gasteiger partial charge in [-0.1, -0.05) is 106 Å². The maximum absolute atomic E-state index is 14.2. The van der Waals surface area contributed by atoms with Crippen LogP contribution in [0.5, 0.6) is 0 Å². The zero-order valence-corrected chi connectivity index (χ0v) is 49.9. The smallest absolute Gasteiger partial charge is 0.308 e. The Morgan fingerprint density at radius 3 is 1.84 bits per heavy atom. The van der Waals surface area contributed by atoms with Gasteiger partial charge in [-0.3, -0.25) is 9.59 Å². The predicted molar refractivity (Wildman–Crippen MR) is 309 cm³/mol. The molecule has 0 aromatic heterocycles. The monoisotopic (exact) mass is 1250 g/mol. The van der Waals surface area contributed by atoms with Crippen LogP contribution in [0.2, 0.25) is 0 Å². The number of fused-ring (bicyclic) bond motifs is 2. The number of cyclic esters (lactones) is 1. The normalized spacial score (nSPS) is 43.9. The second-order valence-electron chi connectivity index (χ2n) is 23.5. The summed E-state index contributed by atoms with van der Waals surface area (Å²) in [5, 5.41) is 201. The Bertz CT molecular complexity index is 2270. The Labute approximate surface area is 507 Å². The summed E-state index contributed by atoms with van der Waals surface area (Å²) in [6.45, 7) is 6.03. The molecule has 8 unspecified atom stereocenters. The van der Waals surface area contributed by atoms with E-state index in [4.69, 9.17) is 23.7 Å². The number of nitrogens with one attached hydrogen (secondary N) is 2. The van der Waals surface area contributed by atoms with Crippen molar-refractivity contribution < 1.29 is 125 Å². The van der Waals surface area contributed by atoms with Crippen LogP contribution in [0.4, 0.5) is 0 Å². The van der Waals surface area contributed by atoms with Crippen LogP contribution >= 0.6 is 0 Å². The minimum Gasteiger partial charge on any atom is -0.462 e. The third-order valence-electron chi connectivity index (χ3n) is 16.3. The summed E-state index contributed by atoms with van der Waals surface area (Å²) in [4.78, 5) is 27.0. The molecule has 1 amide bonds. The number of amides is 1. The van der Waals surface area contributed by atoms with Gasteiger partial charge in [0.1, 0.15) is 42.7 Å². The highest BCUT2D eigenvalue weighted by Crippen LogP contribution is 2.39. The molecule has 3 saturated heterocycles. The van der Waals surface area contributed by atoms with Crippen molar-refractivity contribution in [3.8, 4) is 0 Å². The third-order valence-corrected chi connectivity index (χ3v) is 16.3. The van der Waals surface area contributed by atoms with E-state index in [1.807, 2.05) is 0 Å². The molecule has 4 rings (SSSR count). The number of aliphatic hydroxyl groups excluding tert-OH is 16. The number of hydrogen-bond acceptors (Lipinski definition) is 26. The van der Waals surface area contributed by atoms with E-state index < -0.39 is 221 Å². The van der Waals surface area contributed by atoms with Crippen molar-refractivity contribution in [3.05, 3.63) is 85.1 Å². The van der Waals surface area contributed by atoms with Gasteiger partial charge in [0, 0.05) is 44.1 Å².